The van der Waals surface area contributed by atoms with Gasteiger partial charge in [-0.05, 0) is 189 Å². The molecule has 6 rings (SSSR count). The summed E-state index contributed by atoms with van der Waals surface area (Å²) in [5.41, 5.74) is 2.66. The average molecular weight is 949 g/mol. The third-order valence-electron chi connectivity index (χ3n) is 13.4. The van der Waals surface area contributed by atoms with Crippen LogP contribution in [0.2, 0.25) is 0 Å². The first-order chi connectivity index (χ1) is 28.6. The fourth-order valence-electron chi connectivity index (χ4n) is 9.58. The number of hydrogen-bond acceptors (Lipinski definition) is 8. The maximum atomic E-state index is 6.53. The first kappa shape index (κ1) is 56.8. The van der Waals surface area contributed by atoms with E-state index in [4.69, 9.17) is 18.9 Å². The van der Waals surface area contributed by atoms with Gasteiger partial charge < -0.3 is 38.5 Å². The van der Waals surface area contributed by atoms with E-state index in [9.17, 15) is 0 Å². The second-order valence-electron chi connectivity index (χ2n) is 18.3. The SMILES string of the molecule is C[C@H](Cc1ccc(OCCCN2CCCCC2)c(OCCCN2CCCCC2)c1)[C@@H](C)Cc1ccc(OCCCN2CCCCC2)c(OCCCN2CCCCC2)c1.Cl.Cl.Cl.Cl. The summed E-state index contributed by atoms with van der Waals surface area (Å²) in [6, 6.07) is 13.4. The lowest BCUT2D eigenvalue weighted by Crippen LogP contribution is -2.31. The van der Waals surface area contributed by atoms with Crippen LogP contribution in [0.4, 0.5) is 0 Å². The van der Waals surface area contributed by atoms with Crippen LogP contribution in [0.5, 0.6) is 23.0 Å². The zero-order valence-corrected chi connectivity index (χ0v) is 42.0. The molecule has 62 heavy (non-hydrogen) atoms. The maximum Gasteiger partial charge on any atom is 0.161 e. The molecule has 0 bridgehead atoms. The Balaban J connectivity index is 0.00000331. The minimum absolute atomic E-state index is 0. The molecule has 2 atom stereocenters. The first-order valence-corrected chi connectivity index (χ1v) is 24.3. The van der Waals surface area contributed by atoms with Crippen LogP contribution in [-0.2, 0) is 12.8 Å². The Bertz CT molecular complexity index is 1320. The standard InChI is InChI=1S/C50H82N4O4.4ClH/c1-43(39-45-19-21-47(55-35-15-31-51-23-7-3-8-24-51)49(41-45)57-37-17-33-53-27-11-5-12-28-53)44(2)40-46-20-22-48(56-36-16-32-52-25-9-4-10-26-52)50(42-46)58-38-18-34-54-29-13-6-14-30-54;;;;/h19-22,41-44H,3-18,23-40H2,1-2H3;4*1H/t43-,44+;;;;. The zero-order valence-electron chi connectivity index (χ0n) is 38.7. The Kier molecular flexibility index (Phi) is 30.4. The number of nitrogens with zero attached hydrogens (tertiary/aromatic N) is 4. The Morgan fingerprint density at radius 2 is 0.629 bits per heavy atom. The van der Waals surface area contributed by atoms with Crippen LogP contribution in [0.15, 0.2) is 36.4 Å². The van der Waals surface area contributed by atoms with Crippen LogP contribution < -0.4 is 18.9 Å². The van der Waals surface area contributed by atoms with Gasteiger partial charge in [0.05, 0.1) is 26.4 Å². The molecule has 0 spiro atoms. The molecule has 4 saturated heterocycles. The number of halogens is 4. The van der Waals surface area contributed by atoms with Gasteiger partial charge in [0.25, 0.3) is 0 Å². The summed E-state index contributed by atoms with van der Waals surface area (Å²) < 4.78 is 25.9. The normalized spacial score (nSPS) is 18.8. The van der Waals surface area contributed by atoms with Gasteiger partial charge in [-0.15, -0.1) is 49.6 Å². The number of benzene rings is 2. The third kappa shape index (κ3) is 20.9. The lowest BCUT2D eigenvalue weighted by molar-refractivity contribution is 0.193. The van der Waals surface area contributed by atoms with Gasteiger partial charge in [-0.2, -0.15) is 0 Å². The van der Waals surface area contributed by atoms with Crippen molar-refractivity contribution >= 4 is 49.6 Å². The molecule has 0 aromatic heterocycles. The van der Waals surface area contributed by atoms with Crippen molar-refractivity contribution in [1.82, 2.24) is 19.6 Å². The molecule has 358 valence electrons. The van der Waals surface area contributed by atoms with Gasteiger partial charge in [0.1, 0.15) is 0 Å². The van der Waals surface area contributed by atoms with Crippen molar-refractivity contribution in [2.45, 2.75) is 129 Å². The predicted octanol–water partition coefficient (Wildman–Crippen LogP) is 11.5. The molecule has 2 aromatic carbocycles. The van der Waals surface area contributed by atoms with Crippen LogP contribution in [0.3, 0.4) is 0 Å². The summed E-state index contributed by atoms with van der Waals surface area (Å²) in [5.74, 6) is 4.65. The Labute approximate surface area is 402 Å². The van der Waals surface area contributed by atoms with Gasteiger partial charge in [0, 0.05) is 26.2 Å². The van der Waals surface area contributed by atoms with Gasteiger partial charge in [-0.25, -0.2) is 0 Å². The Hall–Kier alpha value is -1.36. The topological polar surface area (TPSA) is 49.9 Å². The van der Waals surface area contributed by atoms with Crippen LogP contribution in [0.1, 0.15) is 128 Å². The van der Waals surface area contributed by atoms with Crippen molar-refractivity contribution in [2.24, 2.45) is 11.8 Å². The van der Waals surface area contributed by atoms with Gasteiger partial charge in [0.2, 0.25) is 0 Å². The quantitative estimate of drug-likeness (QED) is 0.0913. The minimum atomic E-state index is 0. The van der Waals surface area contributed by atoms with Crippen LogP contribution in [0, 0.1) is 11.8 Å². The van der Waals surface area contributed by atoms with Crippen molar-refractivity contribution in [2.75, 3.05) is 105 Å². The van der Waals surface area contributed by atoms with Crippen molar-refractivity contribution in [3.8, 4) is 23.0 Å². The van der Waals surface area contributed by atoms with E-state index in [-0.39, 0.29) is 49.6 Å². The van der Waals surface area contributed by atoms with E-state index in [1.54, 1.807) is 0 Å². The van der Waals surface area contributed by atoms with E-state index in [2.05, 4.69) is 69.8 Å². The Morgan fingerprint density at radius 3 is 0.903 bits per heavy atom. The average Bonchev–Trinajstić information content (AvgIpc) is 3.26. The fraction of sp³-hybridized carbons (Fsp3) is 0.760. The Morgan fingerprint density at radius 1 is 0.371 bits per heavy atom. The molecule has 4 aliphatic heterocycles. The minimum Gasteiger partial charge on any atom is -0.490 e. The summed E-state index contributed by atoms with van der Waals surface area (Å²) in [7, 11) is 0. The third-order valence-corrected chi connectivity index (χ3v) is 13.4. The first-order valence-electron chi connectivity index (χ1n) is 24.3. The number of piperidine rings is 4. The molecule has 4 aliphatic rings. The van der Waals surface area contributed by atoms with Crippen molar-refractivity contribution in [1.29, 1.82) is 0 Å². The maximum absolute atomic E-state index is 6.53. The second kappa shape index (κ2) is 33.2. The summed E-state index contributed by atoms with van der Waals surface area (Å²) in [5, 5.41) is 0. The van der Waals surface area contributed by atoms with Gasteiger partial charge in [0.15, 0.2) is 23.0 Å². The summed E-state index contributed by atoms with van der Waals surface area (Å²) in [6.07, 6.45) is 22.5. The number of hydrogen-bond donors (Lipinski definition) is 0. The van der Waals surface area contributed by atoms with E-state index < -0.39 is 0 Å². The number of likely N-dealkylation sites (tertiary alicyclic amines) is 4. The van der Waals surface area contributed by atoms with Crippen LogP contribution in [0.25, 0.3) is 0 Å². The predicted molar refractivity (Wildman–Crippen MR) is 269 cm³/mol. The largest absolute Gasteiger partial charge is 0.490 e. The number of rotatable bonds is 25. The molecular weight excluding hydrogens is 862 g/mol. The number of ether oxygens (including phenoxy) is 4. The molecule has 4 fully saturated rings. The monoisotopic (exact) mass is 947 g/mol. The highest BCUT2D eigenvalue weighted by molar-refractivity contribution is 5.86. The fourth-order valence-corrected chi connectivity index (χ4v) is 9.58. The highest BCUT2D eigenvalue weighted by Crippen LogP contribution is 2.33. The van der Waals surface area contributed by atoms with Gasteiger partial charge in [-0.3, -0.25) is 0 Å². The van der Waals surface area contributed by atoms with Gasteiger partial charge >= 0.3 is 0 Å². The van der Waals surface area contributed by atoms with Crippen molar-refractivity contribution in [3.05, 3.63) is 47.5 Å². The molecule has 8 nitrogen and oxygen atoms in total. The molecule has 0 aliphatic carbocycles. The highest BCUT2D eigenvalue weighted by atomic mass is 35.5. The second-order valence-corrected chi connectivity index (χ2v) is 18.3. The molecule has 4 heterocycles. The summed E-state index contributed by atoms with van der Waals surface area (Å²) in [6.45, 7) is 22.2. The van der Waals surface area contributed by atoms with E-state index in [1.165, 1.54) is 141 Å². The smallest absolute Gasteiger partial charge is 0.161 e. The lowest BCUT2D eigenvalue weighted by Gasteiger charge is -2.26. The zero-order chi connectivity index (χ0) is 40.0. The van der Waals surface area contributed by atoms with Gasteiger partial charge in [-0.1, -0.05) is 51.7 Å². The van der Waals surface area contributed by atoms with Crippen LogP contribution in [-0.4, -0.2) is 125 Å². The summed E-state index contributed by atoms with van der Waals surface area (Å²) in [4.78, 5) is 10.4. The molecule has 0 saturated carbocycles. The van der Waals surface area contributed by atoms with E-state index in [0.717, 1.165) is 114 Å². The molecular formula is C50H86Cl4N4O4. The van der Waals surface area contributed by atoms with E-state index >= 15 is 0 Å². The lowest BCUT2D eigenvalue weighted by atomic mass is 9.85. The van der Waals surface area contributed by atoms with Crippen LogP contribution >= 0.6 is 49.6 Å². The van der Waals surface area contributed by atoms with E-state index in [0.29, 0.717) is 11.8 Å². The molecule has 0 amide bonds. The highest BCUT2D eigenvalue weighted by Gasteiger charge is 2.19. The van der Waals surface area contributed by atoms with Crippen molar-refractivity contribution < 1.29 is 18.9 Å². The van der Waals surface area contributed by atoms with E-state index in [1.807, 2.05) is 0 Å². The molecule has 0 unspecified atom stereocenters. The molecule has 0 radical (unpaired) electrons. The molecule has 12 heteroatoms. The molecule has 0 N–H and O–H groups in total. The van der Waals surface area contributed by atoms with Crippen molar-refractivity contribution in [3.63, 3.8) is 0 Å². The summed E-state index contributed by atoms with van der Waals surface area (Å²) >= 11 is 0. The molecule has 2 aromatic rings.